The van der Waals surface area contributed by atoms with Gasteiger partial charge in [-0.1, -0.05) is 59.8 Å². The highest BCUT2D eigenvalue weighted by Crippen LogP contribution is 2.35. The number of anilines is 1. The van der Waals surface area contributed by atoms with Crippen molar-refractivity contribution in [2.75, 3.05) is 4.90 Å². The third-order valence-corrected chi connectivity index (χ3v) is 5.90. The van der Waals surface area contributed by atoms with Gasteiger partial charge in [-0.05, 0) is 31.0 Å². The monoisotopic (exact) mass is 379 g/mol. The number of aliphatic imine (C=N–C) groups is 1. The van der Waals surface area contributed by atoms with Crippen LogP contribution in [0.25, 0.3) is 0 Å². The van der Waals surface area contributed by atoms with Gasteiger partial charge in [0, 0.05) is 11.6 Å². The number of aryl methyl sites for hydroxylation is 1. The van der Waals surface area contributed by atoms with E-state index >= 15 is 0 Å². The predicted molar refractivity (Wildman–Crippen MR) is 109 cm³/mol. The number of amides is 1. The molecular weight excluding hydrogens is 362 g/mol. The van der Waals surface area contributed by atoms with Crippen molar-refractivity contribution >= 4 is 45.0 Å². The molecule has 0 aliphatic carbocycles. The molecule has 1 atom stereocenters. The Morgan fingerprint density at radius 3 is 2.58 bits per heavy atom. The number of hydrogen-bond donors (Lipinski definition) is 0. The molecule has 0 bridgehead atoms. The third kappa shape index (κ3) is 3.57. The van der Waals surface area contributed by atoms with Crippen LogP contribution in [-0.2, 0) is 11.2 Å². The molecule has 1 amide bonds. The molecule has 0 unspecified atom stereocenters. The van der Waals surface area contributed by atoms with E-state index in [0.717, 1.165) is 11.3 Å². The van der Waals surface area contributed by atoms with Crippen LogP contribution in [0.1, 0.15) is 11.1 Å². The first kappa shape index (κ1) is 17.0. The summed E-state index contributed by atoms with van der Waals surface area (Å²) in [5, 5.41) is 3.05. The molecule has 2 heterocycles. The number of thiazole rings is 1. The average Bonchev–Trinajstić information content (AvgIpc) is 3.27. The van der Waals surface area contributed by atoms with Crippen LogP contribution in [0.5, 0.6) is 0 Å². The highest BCUT2D eigenvalue weighted by molar-refractivity contribution is 8.16. The number of carbonyl (C=O) groups excluding carboxylic acids is 1. The number of para-hydroxylation sites is 1. The van der Waals surface area contributed by atoms with Crippen LogP contribution >= 0.6 is 23.1 Å². The normalized spacial score (nSPS) is 18.7. The van der Waals surface area contributed by atoms with Crippen molar-refractivity contribution in [3.63, 3.8) is 0 Å². The van der Waals surface area contributed by atoms with Crippen LogP contribution in [-0.4, -0.2) is 21.3 Å². The molecule has 0 N–H and O–H groups in total. The molecule has 4 nitrogen and oxygen atoms in total. The third-order valence-electron chi connectivity index (χ3n) is 4.10. The van der Waals surface area contributed by atoms with E-state index in [-0.39, 0.29) is 11.2 Å². The molecular formula is C20H17N3OS2. The van der Waals surface area contributed by atoms with Crippen molar-refractivity contribution in [1.82, 2.24) is 4.98 Å². The number of thioether (sulfide) groups is 1. The molecule has 1 fully saturated rings. The maximum atomic E-state index is 13.1. The van der Waals surface area contributed by atoms with Crippen LogP contribution in [0.4, 0.5) is 10.8 Å². The summed E-state index contributed by atoms with van der Waals surface area (Å²) in [7, 11) is 0. The van der Waals surface area contributed by atoms with E-state index in [2.05, 4.69) is 41.2 Å². The van der Waals surface area contributed by atoms with Crippen molar-refractivity contribution in [3.05, 3.63) is 77.3 Å². The van der Waals surface area contributed by atoms with E-state index in [0.29, 0.717) is 16.7 Å². The smallest absolute Gasteiger partial charge is 0.247 e. The van der Waals surface area contributed by atoms with Gasteiger partial charge in [0.1, 0.15) is 0 Å². The van der Waals surface area contributed by atoms with Gasteiger partial charge in [-0.25, -0.2) is 4.98 Å². The summed E-state index contributed by atoms with van der Waals surface area (Å²) >= 11 is 2.98. The van der Waals surface area contributed by atoms with E-state index < -0.39 is 0 Å². The summed E-state index contributed by atoms with van der Waals surface area (Å²) in [6.45, 7) is 2.06. The number of aromatic nitrogens is 1. The van der Waals surface area contributed by atoms with Gasteiger partial charge >= 0.3 is 0 Å². The number of carbonyl (C=O) groups is 1. The maximum Gasteiger partial charge on any atom is 0.247 e. The van der Waals surface area contributed by atoms with Gasteiger partial charge in [-0.3, -0.25) is 9.69 Å². The Hall–Kier alpha value is -2.44. The maximum absolute atomic E-state index is 13.1. The molecule has 4 rings (SSSR count). The number of hydrogen-bond acceptors (Lipinski definition) is 5. The number of nitrogens with zero attached hydrogens (tertiary/aromatic N) is 3. The van der Waals surface area contributed by atoms with Crippen molar-refractivity contribution in [3.8, 4) is 0 Å². The van der Waals surface area contributed by atoms with Gasteiger partial charge < -0.3 is 0 Å². The molecule has 1 aromatic heterocycles. The first-order chi connectivity index (χ1) is 12.7. The zero-order valence-corrected chi connectivity index (χ0v) is 15.8. The summed E-state index contributed by atoms with van der Waals surface area (Å²) in [5.41, 5.74) is 3.22. The van der Waals surface area contributed by atoms with Crippen LogP contribution < -0.4 is 4.90 Å². The topological polar surface area (TPSA) is 45.6 Å². The summed E-state index contributed by atoms with van der Waals surface area (Å²) in [5.74, 6) is 0.0667. The Morgan fingerprint density at radius 1 is 1.12 bits per heavy atom. The van der Waals surface area contributed by atoms with Gasteiger partial charge in [0.25, 0.3) is 0 Å². The molecule has 1 saturated heterocycles. The lowest BCUT2D eigenvalue weighted by molar-refractivity contribution is -0.116. The molecule has 0 radical (unpaired) electrons. The van der Waals surface area contributed by atoms with Crippen LogP contribution in [0.3, 0.4) is 0 Å². The molecule has 3 aromatic rings. The van der Waals surface area contributed by atoms with Crippen LogP contribution in [0.15, 0.2) is 71.2 Å². The predicted octanol–water partition coefficient (Wildman–Crippen LogP) is 4.83. The number of rotatable bonds is 4. The number of benzene rings is 2. The SMILES string of the molecule is Cc1ccc(C[C@@H]2SC(=Nc3nccs3)N(c3ccccc3)C2=O)cc1. The van der Waals surface area contributed by atoms with Gasteiger partial charge in [-0.15, -0.1) is 11.3 Å². The lowest BCUT2D eigenvalue weighted by atomic mass is 10.1. The fourth-order valence-electron chi connectivity index (χ4n) is 2.78. The van der Waals surface area contributed by atoms with Crippen LogP contribution in [0.2, 0.25) is 0 Å². The Bertz CT molecular complexity index is 921. The van der Waals surface area contributed by atoms with E-state index in [1.807, 2.05) is 35.7 Å². The van der Waals surface area contributed by atoms with E-state index in [9.17, 15) is 4.79 Å². The summed E-state index contributed by atoms with van der Waals surface area (Å²) in [6.07, 6.45) is 2.41. The van der Waals surface area contributed by atoms with E-state index in [1.54, 1.807) is 11.1 Å². The Morgan fingerprint density at radius 2 is 1.88 bits per heavy atom. The molecule has 26 heavy (non-hydrogen) atoms. The molecule has 1 aliphatic rings. The average molecular weight is 380 g/mol. The van der Waals surface area contributed by atoms with Crippen molar-refractivity contribution < 1.29 is 4.79 Å². The van der Waals surface area contributed by atoms with Crippen molar-refractivity contribution in [2.45, 2.75) is 18.6 Å². The standard InChI is InChI=1S/C20H17N3OS2/c1-14-7-9-15(10-8-14)13-17-18(24)23(16-5-3-2-4-6-16)20(26-17)22-19-21-11-12-25-19/h2-12,17H,13H2,1H3/t17-/m0/s1. The minimum absolute atomic E-state index is 0.0667. The first-order valence-corrected chi connectivity index (χ1v) is 10.1. The first-order valence-electron chi connectivity index (χ1n) is 8.30. The van der Waals surface area contributed by atoms with Gasteiger partial charge in [0.05, 0.1) is 10.9 Å². The molecule has 2 aromatic carbocycles. The molecule has 0 saturated carbocycles. The Kier molecular flexibility index (Phi) is 4.86. The second-order valence-electron chi connectivity index (χ2n) is 6.01. The summed E-state index contributed by atoms with van der Waals surface area (Å²) < 4.78 is 0. The van der Waals surface area contributed by atoms with Gasteiger partial charge in [0.15, 0.2) is 5.17 Å². The zero-order chi connectivity index (χ0) is 17.9. The zero-order valence-electron chi connectivity index (χ0n) is 14.2. The minimum Gasteiger partial charge on any atom is -0.273 e. The van der Waals surface area contributed by atoms with Gasteiger partial charge in [-0.2, -0.15) is 4.99 Å². The van der Waals surface area contributed by atoms with Crippen molar-refractivity contribution in [2.24, 2.45) is 4.99 Å². The highest BCUT2D eigenvalue weighted by atomic mass is 32.2. The summed E-state index contributed by atoms with van der Waals surface area (Å²) in [4.78, 5) is 23.7. The van der Waals surface area contributed by atoms with E-state index in [1.165, 1.54) is 28.7 Å². The van der Waals surface area contributed by atoms with Gasteiger partial charge in [0.2, 0.25) is 11.0 Å². The lowest BCUT2D eigenvalue weighted by Crippen LogP contribution is -2.32. The quantitative estimate of drug-likeness (QED) is 0.652. The lowest BCUT2D eigenvalue weighted by Gasteiger charge is -2.16. The Labute approximate surface area is 160 Å². The fraction of sp³-hybridized carbons (Fsp3) is 0.150. The molecule has 6 heteroatoms. The summed E-state index contributed by atoms with van der Waals surface area (Å²) in [6, 6.07) is 18.0. The number of amidine groups is 1. The second kappa shape index (κ2) is 7.43. The van der Waals surface area contributed by atoms with E-state index in [4.69, 9.17) is 0 Å². The molecule has 0 spiro atoms. The van der Waals surface area contributed by atoms with Crippen molar-refractivity contribution in [1.29, 1.82) is 0 Å². The highest BCUT2D eigenvalue weighted by Gasteiger charge is 2.39. The molecule has 130 valence electrons. The molecule has 1 aliphatic heterocycles. The largest absolute Gasteiger partial charge is 0.273 e. The van der Waals surface area contributed by atoms with Crippen LogP contribution in [0, 0.1) is 6.92 Å². The minimum atomic E-state index is -0.184. The Balaban J connectivity index is 1.66. The fourth-order valence-corrected chi connectivity index (χ4v) is 4.52. The second-order valence-corrected chi connectivity index (χ2v) is 8.06.